The van der Waals surface area contributed by atoms with Crippen molar-refractivity contribution >= 4 is 11.6 Å². The van der Waals surface area contributed by atoms with Crippen molar-refractivity contribution in [1.29, 1.82) is 0 Å². The molecule has 5 nitrogen and oxygen atoms in total. The molecule has 0 aliphatic carbocycles. The van der Waals surface area contributed by atoms with Crippen LogP contribution in [0.4, 0.5) is 5.69 Å². The third kappa shape index (κ3) is 5.30. The smallest absolute Gasteiger partial charge is 0.238 e. The van der Waals surface area contributed by atoms with Gasteiger partial charge in [-0.15, -0.1) is 0 Å². The van der Waals surface area contributed by atoms with E-state index < -0.39 is 0 Å². The molecule has 1 fully saturated rings. The highest BCUT2D eigenvalue weighted by atomic mass is 16.6. The molecule has 1 atom stereocenters. The molecule has 0 aromatic heterocycles. The number of nitrogens with one attached hydrogen (secondary N) is 1. The number of hydrogen-bond acceptors (Lipinski definition) is 4. The first-order chi connectivity index (χ1) is 11.0. The number of carbonyl (C=O) groups excluding carboxylic acids is 1. The minimum Gasteiger partial charge on any atom is -0.376 e. The molecule has 0 spiro atoms. The highest BCUT2D eigenvalue weighted by Crippen LogP contribution is 2.27. The molecule has 1 amide bonds. The van der Waals surface area contributed by atoms with E-state index in [1.54, 1.807) is 0 Å². The van der Waals surface area contributed by atoms with E-state index >= 15 is 0 Å². The van der Waals surface area contributed by atoms with Gasteiger partial charge in [-0.1, -0.05) is 32.0 Å². The van der Waals surface area contributed by atoms with E-state index in [0.717, 1.165) is 11.3 Å². The monoisotopic (exact) mass is 320 g/mol. The minimum absolute atomic E-state index is 0.000396. The van der Waals surface area contributed by atoms with Gasteiger partial charge in [0, 0.05) is 12.2 Å². The zero-order valence-corrected chi connectivity index (χ0v) is 14.6. The van der Waals surface area contributed by atoms with E-state index in [9.17, 15) is 4.79 Å². The van der Waals surface area contributed by atoms with Crippen LogP contribution in [-0.2, 0) is 14.3 Å². The Hall–Kier alpha value is -1.43. The third-order valence-electron chi connectivity index (χ3n) is 4.01. The molecule has 1 heterocycles. The van der Waals surface area contributed by atoms with Gasteiger partial charge in [0.15, 0.2) is 0 Å². The Morgan fingerprint density at radius 1 is 1.39 bits per heavy atom. The summed E-state index contributed by atoms with van der Waals surface area (Å²) < 4.78 is 11.0. The first-order valence-corrected chi connectivity index (χ1v) is 8.24. The molecule has 2 rings (SSSR count). The second-order valence-electron chi connectivity index (χ2n) is 6.51. The summed E-state index contributed by atoms with van der Waals surface area (Å²) in [5.74, 6) is 0.371. The molecule has 1 aromatic rings. The summed E-state index contributed by atoms with van der Waals surface area (Å²) in [6.45, 7) is 9.22. The summed E-state index contributed by atoms with van der Waals surface area (Å²) in [6.07, 6.45) is 0.0474. The lowest BCUT2D eigenvalue weighted by Gasteiger charge is -2.27. The Labute approximate surface area is 139 Å². The number of benzene rings is 1. The number of carbonyl (C=O) groups is 1. The van der Waals surface area contributed by atoms with Crippen molar-refractivity contribution in [2.45, 2.75) is 32.8 Å². The number of hydrogen-bond donors (Lipinski definition) is 1. The van der Waals surface area contributed by atoms with E-state index in [-0.39, 0.29) is 12.0 Å². The summed E-state index contributed by atoms with van der Waals surface area (Å²) in [4.78, 5) is 14.3. The van der Waals surface area contributed by atoms with Crippen LogP contribution in [0.2, 0.25) is 0 Å². The molecule has 0 saturated carbocycles. The highest BCUT2D eigenvalue weighted by molar-refractivity contribution is 5.93. The maximum atomic E-state index is 12.4. The number of amides is 1. The van der Waals surface area contributed by atoms with E-state index in [1.807, 2.05) is 31.0 Å². The van der Waals surface area contributed by atoms with Gasteiger partial charge in [0.25, 0.3) is 0 Å². The third-order valence-corrected chi connectivity index (χ3v) is 4.01. The van der Waals surface area contributed by atoms with Crippen LogP contribution in [0.3, 0.4) is 0 Å². The number of likely N-dealkylation sites (N-methyl/N-ethyl adjacent to an activating group) is 1. The molecule has 0 bridgehead atoms. The molecule has 5 heteroatoms. The molecule has 0 radical (unpaired) electrons. The largest absolute Gasteiger partial charge is 0.376 e. The number of anilines is 1. The topological polar surface area (TPSA) is 50.8 Å². The summed E-state index contributed by atoms with van der Waals surface area (Å²) in [5, 5.41) is 3.08. The van der Waals surface area contributed by atoms with Crippen molar-refractivity contribution < 1.29 is 14.3 Å². The lowest BCUT2D eigenvalue weighted by Crippen LogP contribution is -2.41. The quantitative estimate of drug-likeness (QED) is 0.874. The average Bonchev–Trinajstić information content (AvgIpc) is 2.49. The Balaban J connectivity index is 1.91. The van der Waals surface area contributed by atoms with Crippen molar-refractivity contribution in [2.24, 2.45) is 0 Å². The molecule has 1 saturated heterocycles. The number of ether oxygens (including phenoxy) is 2. The highest BCUT2D eigenvalue weighted by Gasteiger charge is 2.18. The standard InChI is InChI=1S/C18H28N2O3/c1-13(2)16-7-5-6-14(3)18(16)19-17(21)11-20(4)10-15-12-22-8-9-23-15/h5-7,13,15H,8-12H2,1-4H3,(H,19,21). The summed E-state index contributed by atoms with van der Waals surface area (Å²) in [6, 6.07) is 6.13. The summed E-state index contributed by atoms with van der Waals surface area (Å²) in [7, 11) is 1.93. The van der Waals surface area contributed by atoms with Crippen molar-refractivity contribution in [1.82, 2.24) is 4.90 Å². The first-order valence-electron chi connectivity index (χ1n) is 8.24. The van der Waals surface area contributed by atoms with Crippen molar-refractivity contribution in [2.75, 3.05) is 45.3 Å². The number of rotatable bonds is 6. The molecular weight excluding hydrogens is 292 g/mol. The summed E-state index contributed by atoms with van der Waals surface area (Å²) in [5.41, 5.74) is 3.21. The van der Waals surface area contributed by atoms with Gasteiger partial charge in [-0.2, -0.15) is 0 Å². The summed E-state index contributed by atoms with van der Waals surface area (Å²) >= 11 is 0. The lowest BCUT2D eigenvalue weighted by molar-refractivity contribution is -0.119. The van der Waals surface area contributed by atoms with Crippen LogP contribution < -0.4 is 5.32 Å². The maximum Gasteiger partial charge on any atom is 0.238 e. The number of nitrogens with zero attached hydrogens (tertiary/aromatic N) is 1. The normalized spacial score (nSPS) is 18.4. The Morgan fingerprint density at radius 2 is 2.17 bits per heavy atom. The first kappa shape index (κ1) is 17.9. The second-order valence-corrected chi connectivity index (χ2v) is 6.51. The molecular formula is C18H28N2O3. The van der Waals surface area contributed by atoms with Crippen molar-refractivity contribution in [3.05, 3.63) is 29.3 Å². The van der Waals surface area contributed by atoms with Gasteiger partial charge in [0.1, 0.15) is 0 Å². The number of aryl methyl sites for hydroxylation is 1. The van der Waals surface area contributed by atoms with Crippen LogP contribution in [0, 0.1) is 6.92 Å². The molecule has 23 heavy (non-hydrogen) atoms. The molecule has 128 valence electrons. The Bertz CT molecular complexity index is 525. The predicted octanol–water partition coefficient (Wildman–Crippen LogP) is 2.40. The lowest BCUT2D eigenvalue weighted by atomic mass is 9.98. The zero-order chi connectivity index (χ0) is 16.8. The van der Waals surface area contributed by atoms with E-state index in [1.165, 1.54) is 5.56 Å². The minimum atomic E-state index is 0.000396. The van der Waals surface area contributed by atoms with Crippen LogP contribution in [0.1, 0.15) is 30.9 Å². The molecule has 1 aliphatic heterocycles. The zero-order valence-electron chi connectivity index (χ0n) is 14.6. The molecule has 1 aliphatic rings. The molecule has 1 aromatic carbocycles. The average molecular weight is 320 g/mol. The van der Waals surface area contributed by atoms with E-state index in [4.69, 9.17) is 9.47 Å². The second kappa shape index (κ2) is 8.43. The van der Waals surface area contributed by atoms with E-state index in [2.05, 4.69) is 25.2 Å². The SMILES string of the molecule is Cc1cccc(C(C)C)c1NC(=O)CN(C)CC1COCCO1. The molecule has 1 N–H and O–H groups in total. The van der Waals surface area contributed by atoms with Gasteiger partial charge in [0.2, 0.25) is 5.91 Å². The van der Waals surface area contributed by atoms with Crippen molar-refractivity contribution in [3.63, 3.8) is 0 Å². The Kier molecular flexibility index (Phi) is 6.57. The Morgan fingerprint density at radius 3 is 2.83 bits per heavy atom. The van der Waals surface area contributed by atoms with Crippen LogP contribution in [0.15, 0.2) is 18.2 Å². The fourth-order valence-electron chi connectivity index (χ4n) is 2.82. The van der Waals surface area contributed by atoms with Gasteiger partial charge in [-0.25, -0.2) is 0 Å². The predicted molar refractivity (Wildman–Crippen MR) is 92.0 cm³/mol. The maximum absolute atomic E-state index is 12.4. The van der Waals surface area contributed by atoms with E-state index in [0.29, 0.717) is 38.8 Å². The fourth-order valence-corrected chi connectivity index (χ4v) is 2.82. The molecule has 1 unspecified atom stereocenters. The van der Waals surface area contributed by atoms with Gasteiger partial charge < -0.3 is 14.8 Å². The van der Waals surface area contributed by atoms with Gasteiger partial charge in [0.05, 0.1) is 32.5 Å². The van der Waals surface area contributed by atoms with Gasteiger partial charge >= 0.3 is 0 Å². The van der Waals surface area contributed by atoms with Crippen LogP contribution in [-0.4, -0.2) is 56.9 Å². The van der Waals surface area contributed by atoms with Crippen molar-refractivity contribution in [3.8, 4) is 0 Å². The number of para-hydroxylation sites is 1. The van der Waals surface area contributed by atoms with Crippen LogP contribution in [0.5, 0.6) is 0 Å². The van der Waals surface area contributed by atoms with Gasteiger partial charge in [-0.05, 0) is 31.0 Å². The van der Waals surface area contributed by atoms with Crippen LogP contribution >= 0.6 is 0 Å². The van der Waals surface area contributed by atoms with Crippen LogP contribution in [0.25, 0.3) is 0 Å². The fraction of sp³-hybridized carbons (Fsp3) is 0.611. The van der Waals surface area contributed by atoms with Gasteiger partial charge in [-0.3, -0.25) is 9.69 Å².